The van der Waals surface area contributed by atoms with Gasteiger partial charge in [0.2, 0.25) is 11.7 Å². The standard InChI is InChI=1S/C18H17N5O3S/c19-22-17(25)13-10-12-16(27-13)14(15(24)11-4-2-1-3-5-11)21-18(20-12)23-6-8-26-9-7-23/h1-5,10H,6-9,19H2,(H,22,25). The van der Waals surface area contributed by atoms with Crippen LogP contribution in [-0.2, 0) is 4.74 Å². The molecule has 3 aromatic rings. The Kier molecular flexibility index (Phi) is 4.80. The zero-order chi connectivity index (χ0) is 18.8. The number of benzene rings is 1. The molecular formula is C18H17N5O3S. The van der Waals surface area contributed by atoms with Gasteiger partial charge < -0.3 is 9.64 Å². The first-order valence-electron chi connectivity index (χ1n) is 8.42. The summed E-state index contributed by atoms with van der Waals surface area (Å²) in [6.45, 7) is 2.44. The summed E-state index contributed by atoms with van der Waals surface area (Å²) >= 11 is 1.15. The Morgan fingerprint density at radius 1 is 1.15 bits per heavy atom. The number of morpholine rings is 1. The van der Waals surface area contributed by atoms with E-state index < -0.39 is 5.91 Å². The van der Waals surface area contributed by atoms with E-state index in [1.165, 1.54) is 0 Å². The summed E-state index contributed by atoms with van der Waals surface area (Å²) in [5.74, 6) is 5.07. The molecule has 3 heterocycles. The molecular weight excluding hydrogens is 366 g/mol. The predicted octanol–water partition coefficient (Wildman–Crippen LogP) is 1.36. The second-order valence-electron chi connectivity index (χ2n) is 5.97. The highest BCUT2D eigenvalue weighted by Gasteiger charge is 2.23. The van der Waals surface area contributed by atoms with Crippen molar-refractivity contribution in [2.24, 2.45) is 5.84 Å². The molecule has 1 aliphatic heterocycles. The number of hydrogen-bond acceptors (Lipinski definition) is 8. The van der Waals surface area contributed by atoms with E-state index >= 15 is 0 Å². The van der Waals surface area contributed by atoms with Gasteiger partial charge >= 0.3 is 0 Å². The lowest BCUT2D eigenvalue weighted by atomic mass is 10.1. The van der Waals surface area contributed by atoms with Gasteiger partial charge in [-0.05, 0) is 6.07 Å². The van der Waals surface area contributed by atoms with Crippen LogP contribution in [0.5, 0.6) is 0 Å². The number of nitrogens with zero attached hydrogens (tertiary/aromatic N) is 3. The van der Waals surface area contributed by atoms with Gasteiger partial charge in [0, 0.05) is 18.7 Å². The van der Waals surface area contributed by atoms with Gasteiger partial charge in [0.05, 0.1) is 28.3 Å². The number of hydrazine groups is 1. The molecule has 1 saturated heterocycles. The number of ketones is 1. The van der Waals surface area contributed by atoms with Crippen LogP contribution in [0, 0.1) is 0 Å². The van der Waals surface area contributed by atoms with Crippen molar-refractivity contribution < 1.29 is 14.3 Å². The summed E-state index contributed by atoms with van der Waals surface area (Å²) in [4.78, 5) is 36.5. The van der Waals surface area contributed by atoms with E-state index in [1.54, 1.807) is 30.3 Å². The largest absolute Gasteiger partial charge is 0.378 e. The highest BCUT2D eigenvalue weighted by Crippen LogP contribution is 2.30. The molecule has 8 nitrogen and oxygen atoms in total. The van der Waals surface area contributed by atoms with Gasteiger partial charge in [0.25, 0.3) is 5.91 Å². The summed E-state index contributed by atoms with van der Waals surface area (Å²) in [6.07, 6.45) is 0. The lowest BCUT2D eigenvalue weighted by Crippen LogP contribution is -2.37. The van der Waals surface area contributed by atoms with Crippen LogP contribution < -0.4 is 16.2 Å². The molecule has 1 aromatic carbocycles. The fraction of sp³-hybridized carbons (Fsp3) is 0.222. The number of nitrogens with one attached hydrogen (secondary N) is 1. The van der Waals surface area contributed by atoms with Crippen molar-refractivity contribution in [3.05, 3.63) is 52.5 Å². The molecule has 0 saturated carbocycles. The molecule has 0 radical (unpaired) electrons. The molecule has 2 aromatic heterocycles. The number of nitrogens with two attached hydrogens (primary N) is 1. The maximum atomic E-state index is 13.1. The van der Waals surface area contributed by atoms with Crippen molar-refractivity contribution in [3.8, 4) is 0 Å². The molecule has 0 bridgehead atoms. The van der Waals surface area contributed by atoms with Crippen LogP contribution in [0.1, 0.15) is 25.7 Å². The molecule has 4 rings (SSSR count). The minimum absolute atomic E-state index is 0.209. The number of anilines is 1. The minimum Gasteiger partial charge on any atom is -0.378 e. The molecule has 138 valence electrons. The highest BCUT2D eigenvalue weighted by molar-refractivity contribution is 7.21. The lowest BCUT2D eigenvalue weighted by Gasteiger charge is -2.27. The monoisotopic (exact) mass is 383 g/mol. The quantitative estimate of drug-likeness (QED) is 0.303. The Balaban J connectivity index is 1.86. The Bertz CT molecular complexity index is 999. The van der Waals surface area contributed by atoms with Crippen LogP contribution in [0.3, 0.4) is 0 Å². The summed E-state index contributed by atoms with van der Waals surface area (Å²) in [5, 5.41) is 0. The van der Waals surface area contributed by atoms with Crippen molar-refractivity contribution in [2.45, 2.75) is 0 Å². The Morgan fingerprint density at radius 2 is 1.89 bits per heavy atom. The maximum absolute atomic E-state index is 13.1. The summed E-state index contributed by atoms with van der Waals surface area (Å²) in [6, 6.07) is 10.6. The van der Waals surface area contributed by atoms with E-state index in [1.807, 2.05) is 11.0 Å². The van der Waals surface area contributed by atoms with Gasteiger partial charge in [0.1, 0.15) is 5.69 Å². The zero-order valence-corrected chi connectivity index (χ0v) is 15.2. The SMILES string of the molecule is NNC(=O)c1cc2nc(N3CCOCC3)nc(C(=O)c3ccccc3)c2s1. The highest BCUT2D eigenvalue weighted by atomic mass is 32.1. The summed E-state index contributed by atoms with van der Waals surface area (Å²) < 4.78 is 5.95. The molecule has 1 fully saturated rings. The molecule has 1 aliphatic rings. The van der Waals surface area contributed by atoms with Crippen molar-refractivity contribution in [3.63, 3.8) is 0 Å². The molecule has 1 amide bonds. The fourth-order valence-corrected chi connectivity index (χ4v) is 3.87. The van der Waals surface area contributed by atoms with Gasteiger partial charge in [-0.2, -0.15) is 0 Å². The van der Waals surface area contributed by atoms with E-state index in [0.29, 0.717) is 52.9 Å². The third-order valence-corrected chi connectivity index (χ3v) is 5.39. The van der Waals surface area contributed by atoms with Crippen LogP contribution in [0.25, 0.3) is 10.2 Å². The fourth-order valence-electron chi connectivity index (χ4n) is 2.89. The number of nitrogen functional groups attached to an aromatic ring is 1. The van der Waals surface area contributed by atoms with E-state index in [0.717, 1.165) is 11.3 Å². The minimum atomic E-state index is -0.427. The second kappa shape index (κ2) is 7.39. The molecule has 0 atom stereocenters. The van der Waals surface area contributed by atoms with Crippen molar-refractivity contribution >= 4 is 39.2 Å². The van der Waals surface area contributed by atoms with Gasteiger partial charge in [-0.1, -0.05) is 30.3 Å². The van der Waals surface area contributed by atoms with Gasteiger partial charge in [-0.25, -0.2) is 15.8 Å². The molecule has 0 aliphatic carbocycles. The van der Waals surface area contributed by atoms with E-state index in [9.17, 15) is 9.59 Å². The van der Waals surface area contributed by atoms with Crippen molar-refractivity contribution in [2.75, 3.05) is 31.2 Å². The Morgan fingerprint density at radius 3 is 2.59 bits per heavy atom. The van der Waals surface area contributed by atoms with E-state index in [4.69, 9.17) is 10.6 Å². The summed E-state index contributed by atoms with van der Waals surface area (Å²) in [5.41, 5.74) is 3.48. The number of carbonyl (C=O) groups is 2. The third kappa shape index (κ3) is 3.39. The first-order chi connectivity index (χ1) is 13.2. The van der Waals surface area contributed by atoms with Crippen LogP contribution in [0.15, 0.2) is 36.4 Å². The van der Waals surface area contributed by atoms with Gasteiger partial charge in [-0.3, -0.25) is 15.0 Å². The Hall–Kier alpha value is -2.88. The van der Waals surface area contributed by atoms with Crippen LogP contribution in [-0.4, -0.2) is 48.0 Å². The Labute approximate surface area is 158 Å². The molecule has 9 heteroatoms. The summed E-state index contributed by atoms with van der Waals surface area (Å²) in [7, 11) is 0. The lowest BCUT2D eigenvalue weighted by molar-refractivity contribution is 0.0957. The van der Waals surface area contributed by atoms with E-state index in [2.05, 4.69) is 15.4 Å². The third-order valence-electron chi connectivity index (χ3n) is 4.26. The first-order valence-corrected chi connectivity index (χ1v) is 9.24. The van der Waals surface area contributed by atoms with Crippen molar-refractivity contribution in [1.82, 2.24) is 15.4 Å². The number of carbonyl (C=O) groups excluding carboxylic acids is 2. The maximum Gasteiger partial charge on any atom is 0.275 e. The number of ether oxygens (including phenoxy) is 1. The van der Waals surface area contributed by atoms with Crippen molar-refractivity contribution in [1.29, 1.82) is 0 Å². The molecule has 27 heavy (non-hydrogen) atoms. The van der Waals surface area contributed by atoms with Crippen LogP contribution in [0.4, 0.5) is 5.95 Å². The smallest absolute Gasteiger partial charge is 0.275 e. The number of fused-ring (bicyclic) bond motifs is 1. The average Bonchev–Trinajstić information content (AvgIpc) is 3.17. The van der Waals surface area contributed by atoms with Crippen LogP contribution >= 0.6 is 11.3 Å². The van der Waals surface area contributed by atoms with Gasteiger partial charge in [-0.15, -0.1) is 11.3 Å². The normalized spacial score (nSPS) is 14.3. The predicted molar refractivity (Wildman–Crippen MR) is 102 cm³/mol. The number of thiophene rings is 1. The number of hydrogen-bond donors (Lipinski definition) is 2. The molecule has 0 unspecified atom stereocenters. The first kappa shape index (κ1) is 17.5. The number of amides is 1. The number of rotatable bonds is 4. The van der Waals surface area contributed by atoms with E-state index in [-0.39, 0.29) is 11.5 Å². The van der Waals surface area contributed by atoms with Gasteiger partial charge in [0.15, 0.2) is 0 Å². The van der Waals surface area contributed by atoms with Crippen LogP contribution in [0.2, 0.25) is 0 Å². The second-order valence-corrected chi connectivity index (χ2v) is 7.02. The number of aromatic nitrogens is 2. The zero-order valence-electron chi connectivity index (χ0n) is 14.3. The molecule has 3 N–H and O–H groups in total. The molecule has 0 spiro atoms. The topological polar surface area (TPSA) is 110 Å². The average molecular weight is 383 g/mol.